The second-order valence-corrected chi connectivity index (χ2v) is 6.70. The molecule has 0 unspecified atom stereocenters. The molecule has 0 rings (SSSR count). The molecule has 0 atom stereocenters. The fourth-order valence-electron chi connectivity index (χ4n) is 1.32. The third-order valence-electron chi connectivity index (χ3n) is 1.78. The second kappa shape index (κ2) is 13.4. The van der Waals surface area contributed by atoms with E-state index < -0.39 is 8.80 Å². The number of aliphatic hydroxyl groups excluding tert-OH is 1. The zero-order chi connectivity index (χ0) is 14.4. The van der Waals surface area contributed by atoms with Crippen LogP contribution >= 0.6 is 0 Å². The van der Waals surface area contributed by atoms with Crippen molar-refractivity contribution in [1.82, 2.24) is 0 Å². The zero-order valence-electron chi connectivity index (χ0n) is 12.6. The summed E-state index contributed by atoms with van der Waals surface area (Å²) in [4.78, 5) is 0. The van der Waals surface area contributed by atoms with Gasteiger partial charge in [0.25, 0.3) is 0 Å². The van der Waals surface area contributed by atoms with Crippen LogP contribution in [0.25, 0.3) is 0 Å². The van der Waals surface area contributed by atoms with E-state index in [1.807, 2.05) is 20.8 Å². The molecule has 5 nitrogen and oxygen atoms in total. The summed E-state index contributed by atoms with van der Waals surface area (Å²) in [6.07, 6.45) is 0.728. The van der Waals surface area contributed by atoms with Crippen LogP contribution in [-0.4, -0.2) is 46.4 Å². The van der Waals surface area contributed by atoms with E-state index in [0.717, 1.165) is 12.5 Å². The van der Waals surface area contributed by atoms with Crippen molar-refractivity contribution in [3.05, 3.63) is 0 Å². The minimum Gasteiger partial charge on any atom is -0.394 e. The molecule has 0 spiro atoms. The molecule has 0 fully saturated rings. The Morgan fingerprint density at radius 3 is 1.56 bits per heavy atom. The van der Waals surface area contributed by atoms with Crippen molar-refractivity contribution in [3.8, 4) is 0 Å². The summed E-state index contributed by atoms with van der Waals surface area (Å²) in [5.74, 6) is 0. The van der Waals surface area contributed by atoms with E-state index in [2.05, 4.69) is 0 Å². The van der Waals surface area contributed by atoms with Gasteiger partial charge >= 0.3 is 8.80 Å². The van der Waals surface area contributed by atoms with Crippen LogP contribution in [0.4, 0.5) is 0 Å². The van der Waals surface area contributed by atoms with E-state index >= 15 is 0 Å². The fourth-order valence-corrected chi connectivity index (χ4v) is 3.96. The highest BCUT2D eigenvalue weighted by Crippen LogP contribution is 2.17. The van der Waals surface area contributed by atoms with E-state index in [9.17, 15) is 0 Å². The van der Waals surface area contributed by atoms with Crippen LogP contribution < -0.4 is 5.73 Å². The summed E-state index contributed by atoms with van der Waals surface area (Å²) >= 11 is 0. The minimum atomic E-state index is -2.40. The molecule has 0 aromatic heterocycles. The smallest absolute Gasteiger partial charge is 0.394 e. The molecule has 0 aliphatic heterocycles. The van der Waals surface area contributed by atoms with Crippen molar-refractivity contribution in [2.45, 2.75) is 53.2 Å². The second-order valence-electron chi connectivity index (χ2n) is 3.97. The molecule has 0 aromatic rings. The Hall–Kier alpha value is 0.0169. The largest absolute Gasteiger partial charge is 0.500 e. The molecule has 0 heterocycles. The van der Waals surface area contributed by atoms with E-state index in [4.69, 9.17) is 24.1 Å². The Labute approximate surface area is 113 Å². The molecule has 3 N–H and O–H groups in total. The molecule has 0 bridgehead atoms. The molecule has 0 aliphatic rings. The van der Waals surface area contributed by atoms with E-state index in [1.165, 1.54) is 0 Å². The number of hydrogen-bond donors (Lipinski definition) is 2. The first-order chi connectivity index (χ1) is 8.47. The van der Waals surface area contributed by atoms with Gasteiger partial charge in [-0.1, -0.05) is 0 Å². The van der Waals surface area contributed by atoms with Crippen molar-refractivity contribution < 1.29 is 18.4 Å². The fraction of sp³-hybridized carbons (Fsp3) is 1.00. The molecule has 0 saturated heterocycles. The van der Waals surface area contributed by atoms with Crippen molar-refractivity contribution in [3.63, 3.8) is 0 Å². The normalized spacial score (nSPS) is 11.3. The highest BCUT2D eigenvalue weighted by molar-refractivity contribution is 6.60. The molecule has 6 heteroatoms. The summed E-state index contributed by atoms with van der Waals surface area (Å²) in [6.45, 7) is 11.9. The standard InChI is InChI=1S/C9H23NO3Si.C3H8O/c1-4-11-14(12-5-2,13-6-3)9-7-8-10;1-3(2)4/h4-10H2,1-3H3;3-4H,1-2H3. The van der Waals surface area contributed by atoms with Crippen LogP contribution in [0.15, 0.2) is 0 Å². The lowest BCUT2D eigenvalue weighted by molar-refractivity contribution is 0.0710. The van der Waals surface area contributed by atoms with Gasteiger partial charge in [0.1, 0.15) is 0 Å². The van der Waals surface area contributed by atoms with Crippen molar-refractivity contribution >= 4 is 8.80 Å². The quantitative estimate of drug-likeness (QED) is 0.630. The summed E-state index contributed by atoms with van der Waals surface area (Å²) in [5.41, 5.74) is 5.48. The Morgan fingerprint density at radius 1 is 1.00 bits per heavy atom. The van der Waals surface area contributed by atoms with E-state index in [1.54, 1.807) is 13.8 Å². The molecule has 18 heavy (non-hydrogen) atoms. The Bertz CT molecular complexity index is 150. The van der Waals surface area contributed by atoms with Gasteiger partial charge in [0.2, 0.25) is 0 Å². The van der Waals surface area contributed by atoms with Crippen LogP contribution in [0.1, 0.15) is 41.0 Å². The Morgan fingerprint density at radius 2 is 1.33 bits per heavy atom. The Balaban J connectivity index is 0. The molecule has 112 valence electrons. The summed E-state index contributed by atoms with van der Waals surface area (Å²) in [7, 11) is -2.40. The van der Waals surface area contributed by atoms with Gasteiger partial charge in [0.05, 0.1) is 0 Å². The van der Waals surface area contributed by atoms with Gasteiger partial charge in [-0.15, -0.1) is 0 Å². The molecule has 0 aromatic carbocycles. The van der Waals surface area contributed by atoms with Crippen molar-refractivity contribution in [2.24, 2.45) is 5.73 Å². The first-order valence-electron chi connectivity index (χ1n) is 6.77. The van der Waals surface area contributed by atoms with Gasteiger partial charge < -0.3 is 24.1 Å². The number of hydrogen-bond acceptors (Lipinski definition) is 5. The predicted molar refractivity (Wildman–Crippen MR) is 76.5 cm³/mol. The summed E-state index contributed by atoms with van der Waals surface area (Å²) in [6, 6.07) is 0.818. The number of nitrogens with two attached hydrogens (primary N) is 1. The molecule has 0 radical (unpaired) electrons. The van der Waals surface area contributed by atoms with Crippen LogP contribution in [0.5, 0.6) is 0 Å². The van der Waals surface area contributed by atoms with Gasteiger partial charge in [-0.3, -0.25) is 0 Å². The maximum Gasteiger partial charge on any atom is 0.500 e. The third kappa shape index (κ3) is 12.5. The monoisotopic (exact) mass is 281 g/mol. The third-order valence-corrected chi connectivity index (χ3v) is 4.93. The van der Waals surface area contributed by atoms with Gasteiger partial charge in [0, 0.05) is 32.0 Å². The van der Waals surface area contributed by atoms with Crippen LogP contribution in [0, 0.1) is 0 Å². The van der Waals surface area contributed by atoms with Crippen LogP contribution in [0.3, 0.4) is 0 Å². The topological polar surface area (TPSA) is 73.9 Å². The lowest BCUT2D eigenvalue weighted by Gasteiger charge is -2.28. The molecular weight excluding hydrogens is 250 g/mol. The number of aliphatic hydroxyl groups is 1. The van der Waals surface area contributed by atoms with Crippen molar-refractivity contribution in [1.29, 1.82) is 0 Å². The first-order valence-corrected chi connectivity index (χ1v) is 8.71. The van der Waals surface area contributed by atoms with Gasteiger partial charge in [-0.25, -0.2) is 0 Å². The maximum atomic E-state index is 8.06. The summed E-state index contributed by atoms with van der Waals surface area (Å²) in [5, 5.41) is 8.06. The number of rotatable bonds is 9. The highest BCUT2D eigenvalue weighted by Gasteiger charge is 2.39. The van der Waals surface area contributed by atoms with Crippen molar-refractivity contribution in [2.75, 3.05) is 26.4 Å². The average Bonchev–Trinajstić information content (AvgIpc) is 2.27. The minimum absolute atomic E-state index is 0.167. The highest BCUT2D eigenvalue weighted by atomic mass is 28.4. The zero-order valence-corrected chi connectivity index (χ0v) is 13.6. The van der Waals surface area contributed by atoms with Crippen LogP contribution in [0.2, 0.25) is 6.04 Å². The SMILES string of the molecule is CC(C)O.CCO[Si](CCCN)(OCC)OCC. The molecular formula is C12H31NO4Si. The first kappa shape index (κ1) is 20.3. The lowest BCUT2D eigenvalue weighted by Crippen LogP contribution is -2.46. The Kier molecular flexibility index (Phi) is 15.2. The van der Waals surface area contributed by atoms with Crippen LogP contribution in [-0.2, 0) is 13.3 Å². The average molecular weight is 281 g/mol. The van der Waals surface area contributed by atoms with E-state index in [0.29, 0.717) is 26.4 Å². The molecule has 0 aliphatic carbocycles. The maximum absolute atomic E-state index is 8.06. The lowest BCUT2D eigenvalue weighted by atomic mass is 10.5. The van der Waals surface area contributed by atoms with E-state index in [-0.39, 0.29) is 6.10 Å². The molecule has 0 amide bonds. The molecule has 0 saturated carbocycles. The van der Waals surface area contributed by atoms with Gasteiger partial charge in [-0.2, -0.15) is 0 Å². The van der Waals surface area contributed by atoms with Gasteiger partial charge in [0.15, 0.2) is 0 Å². The summed E-state index contributed by atoms with van der Waals surface area (Å²) < 4.78 is 17.0. The van der Waals surface area contributed by atoms with Gasteiger partial charge in [-0.05, 0) is 47.6 Å². The predicted octanol–water partition coefficient (Wildman–Crippen LogP) is 1.77.